The molecule has 0 aromatic heterocycles. The minimum absolute atomic E-state index is 0.0165. The van der Waals surface area contributed by atoms with Gasteiger partial charge in [-0.15, -0.1) is 0 Å². The van der Waals surface area contributed by atoms with Gasteiger partial charge in [-0.25, -0.2) is 0 Å². The van der Waals surface area contributed by atoms with E-state index in [9.17, 15) is 0 Å². The maximum Gasteiger partial charge on any atom is 0.0710 e. The molecule has 0 aromatic carbocycles. The van der Waals surface area contributed by atoms with Gasteiger partial charge in [-0.2, -0.15) is 5.26 Å². The van der Waals surface area contributed by atoms with Crippen molar-refractivity contribution >= 4 is 0 Å². The largest absolute Gasteiger partial charge is 0.380 e. The molecule has 0 amide bonds. The lowest BCUT2D eigenvalue weighted by Crippen LogP contribution is -2.29. The van der Waals surface area contributed by atoms with Crippen LogP contribution in [-0.2, 0) is 4.74 Å². The molecule has 72 valence electrons. The molecule has 1 saturated heterocycles. The Labute approximate surface area is 79.3 Å². The van der Waals surface area contributed by atoms with Crippen molar-refractivity contribution in [3.63, 3.8) is 0 Å². The van der Waals surface area contributed by atoms with Crippen molar-refractivity contribution in [3.8, 4) is 6.07 Å². The lowest BCUT2D eigenvalue weighted by molar-refractivity contribution is 0.106. The Kier molecular flexibility index (Phi) is 2.27. The summed E-state index contributed by atoms with van der Waals surface area (Å²) in [7, 11) is 1.77. The van der Waals surface area contributed by atoms with Crippen molar-refractivity contribution in [2.24, 2.45) is 5.41 Å². The lowest BCUT2D eigenvalue weighted by atomic mass is 10.1. The van der Waals surface area contributed by atoms with Crippen LogP contribution in [0.4, 0.5) is 0 Å². The third-order valence-corrected chi connectivity index (χ3v) is 3.18. The van der Waals surface area contributed by atoms with Gasteiger partial charge in [-0.05, 0) is 19.3 Å². The molecule has 1 aliphatic carbocycles. The van der Waals surface area contributed by atoms with Crippen LogP contribution in [0.5, 0.6) is 0 Å². The smallest absolute Gasteiger partial charge is 0.0710 e. The quantitative estimate of drug-likeness (QED) is 0.650. The summed E-state index contributed by atoms with van der Waals surface area (Å²) < 4.78 is 5.29. The van der Waals surface area contributed by atoms with Crippen molar-refractivity contribution in [3.05, 3.63) is 0 Å². The SMILES string of the molecule is CO[C@H]1CCN(CC2(C#N)CC2)C1. The average molecular weight is 180 g/mol. The highest BCUT2D eigenvalue weighted by Crippen LogP contribution is 2.45. The van der Waals surface area contributed by atoms with Crippen molar-refractivity contribution < 1.29 is 4.74 Å². The van der Waals surface area contributed by atoms with E-state index < -0.39 is 0 Å². The number of nitrogens with zero attached hydrogens (tertiary/aromatic N) is 2. The summed E-state index contributed by atoms with van der Waals surface area (Å²) in [4.78, 5) is 2.37. The highest BCUT2D eigenvalue weighted by molar-refractivity contribution is 5.11. The van der Waals surface area contributed by atoms with E-state index >= 15 is 0 Å². The molecule has 2 aliphatic rings. The molecule has 1 atom stereocenters. The van der Waals surface area contributed by atoms with Gasteiger partial charge >= 0.3 is 0 Å². The standard InChI is InChI=1S/C10H16N2O/c1-13-9-2-5-12(6-9)8-10(7-11)3-4-10/h9H,2-6,8H2,1H3/t9-/m0/s1. The number of hydrogen-bond donors (Lipinski definition) is 0. The number of methoxy groups -OCH3 is 1. The van der Waals surface area contributed by atoms with E-state index in [-0.39, 0.29) is 5.41 Å². The van der Waals surface area contributed by atoms with Gasteiger partial charge in [-0.1, -0.05) is 0 Å². The molecule has 3 nitrogen and oxygen atoms in total. The molecule has 2 fully saturated rings. The molecular weight excluding hydrogens is 164 g/mol. The Morgan fingerprint density at radius 1 is 1.62 bits per heavy atom. The molecule has 1 saturated carbocycles. The lowest BCUT2D eigenvalue weighted by Gasteiger charge is -2.17. The highest BCUT2D eigenvalue weighted by Gasteiger charge is 2.45. The van der Waals surface area contributed by atoms with Crippen LogP contribution in [0.15, 0.2) is 0 Å². The topological polar surface area (TPSA) is 36.3 Å². The van der Waals surface area contributed by atoms with Gasteiger partial charge in [0.2, 0.25) is 0 Å². The molecule has 2 rings (SSSR count). The molecule has 0 aromatic rings. The minimum atomic E-state index is 0.0165. The fourth-order valence-electron chi connectivity index (χ4n) is 2.02. The molecule has 0 radical (unpaired) electrons. The van der Waals surface area contributed by atoms with Crippen LogP contribution in [0, 0.1) is 16.7 Å². The maximum atomic E-state index is 8.93. The number of rotatable bonds is 3. The molecule has 0 unspecified atom stereocenters. The zero-order chi connectivity index (χ0) is 9.31. The second-order valence-electron chi connectivity index (χ2n) is 4.27. The Morgan fingerprint density at radius 2 is 2.38 bits per heavy atom. The first-order chi connectivity index (χ1) is 6.28. The summed E-state index contributed by atoms with van der Waals surface area (Å²) in [5, 5.41) is 8.93. The third kappa shape index (κ3) is 1.84. The van der Waals surface area contributed by atoms with E-state index in [0.29, 0.717) is 6.10 Å². The zero-order valence-electron chi connectivity index (χ0n) is 8.12. The van der Waals surface area contributed by atoms with Crippen LogP contribution in [0.3, 0.4) is 0 Å². The summed E-state index contributed by atoms with van der Waals surface area (Å²) in [6, 6.07) is 2.43. The Morgan fingerprint density at radius 3 is 2.85 bits per heavy atom. The summed E-state index contributed by atoms with van der Waals surface area (Å²) in [5.41, 5.74) is 0.0165. The summed E-state index contributed by atoms with van der Waals surface area (Å²) in [5.74, 6) is 0. The minimum Gasteiger partial charge on any atom is -0.380 e. The van der Waals surface area contributed by atoms with Crippen LogP contribution >= 0.6 is 0 Å². The van der Waals surface area contributed by atoms with E-state index in [4.69, 9.17) is 10.00 Å². The summed E-state index contributed by atoms with van der Waals surface area (Å²) >= 11 is 0. The van der Waals surface area contributed by atoms with E-state index in [1.807, 2.05) is 0 Å². The predicted octanol–water partition coefficient (Wildman–Crippen LogP) is 1.01. The van der Waals surface area contributed by atoms with Crippen molar-refractivity contribution in [1.29, 1.82) is 5.26 Å². The number of ether oxygens (including phenoxy) is 1. The third-order valence-electron chi connectivity index (χ3n) is 3.18. The molecule has 1 heterocycles. The Hall–Kier alpha value is -0.590. The number of nitriles is 1. The van der Waals surface area contributed by atoms with Gasteiger partial charge in [0.1, 0.15) is 0 Å². The van der Waals surface area contributed by atoms with Crippen LogP contribution in [0.2, 0.25) is 0 Å². The number of hydrogen-bond acceptors (Lipinski definition) is 3. The van der Waals surface area contributed by atoms with Crippen LogP contribution < -0.4 is 0 Å². The summed E-state index contributed by atoms with van der Waals surface area (Å²) in [6.07, 6.45) is 3.71. The van der Waals surface area contributed by atoms with E-state index in [1.54, 1.807) is 7.11 Å². The summed E-state index contributed by atoms with van der Waals surface area (Å²) in [6.45, 7) is 3.07. The predicted molar refractivity (Wildman–Crippen MR) is 49.1 cm³/mol. The molecule has 3 heteroatoms. The molecule has 0 N–H and O–H groups in total. The van der Waals surface area contributed by atoms with Gasteiger partial charge in [0.05, 0.1) is 17.6 Å². The van der Waals surface area contributed by atoms with E-state index in [0.717, 1.165) is 38.9 Å². The first-order valence-corrected chi connectivity index (χ1v) is 4.94. The Bertz CT molecular complexity index is 230. The Balaban J connectivity index is 1.81. The monoisotopic (exact) mass is 180 g/mol. The van der Waals surface area contributed by atoms with Crippen LogP contribution in [0.25, 0.3) is 0 Å². The fraction of sp³-hybridized carbons (Fsp3) is 0.900. The maximum absolute atomic E-state index is 8.93. The van der Waals surface area contributed by atoms with Gasteiger partial charge < -0.3 is 4.74 Å². The molecule has 0 bridgehead atoms. The van der Waals surface area contributed by atoms with Crippen molar-refractivity contribution in [2.45, 2.75) is 25.4 Å². The first kappa shape index (κ1) is 8.98. The zero-order valence-corrected chi connectivity index (χ0v) is 8.12. The molecular formula is C10H16N2O. The number of likely N-dealkylation sites (tertiary alicyclic amines) is 1. The average Bonchev–Trinajstić information content (AvgIpc) is 2.77. The molecule has 1 aliphatic heterocycles. The first-order valence-electron chi connectivity index (χ1n) is 4.94. The highest BCUT2D eigenvalue weighted by atomic mass is 16.5. The second-order valence-corrected chi connectivity index (χ2v) is 4.27. The normalized spacial score (nSPS) is 31.5. The fourth-order valence-corrected chi connectivity index (χ4v) is 2.02. The van der Waals surface area contributed by atoms with Crippen LogP contribution in [0.1, 0.15) is 19.3 Å². The van der Waals surface area contributed by atoms with Crippen molar-refractivity contribution in [1.82, 2.24) is 4.90 Å². The van der Waals surface area contributed by atoms with Gasteiger partial charge in [-0.3, -0.25) is 4.90 Å². The van der Waals surface area contributed by atoms with Gasteiger partial charge in [0.15, 0.2) is 0 Å². The van der Waals surface area contributed by atoms with E-state index in [2.05, 4.69) is 11.0 Å². The van der Waals surface area contributed by atoms with E-state index in [1.165, 1.54) is 0 Å². The van der Waals surface area contributed by atoms with Crippen molar-refractivity contribution in [2.75, 3.05) is 26.7 Å². The van der Waals surface area contributed by atoms with Crippen LogP contribution in [-0.4, -0.2) is 37.7 Å². The van der Waals surface area contributed by atoms with Gasteiger partial charge in [0, 0.05) is 26.7 Å². The van der Waals surface area contributed by atoms with Gasteiger partial charge in [0.25, 0.3) is 0 Å². The molecule has 13 heavy (non-hydrogen) atoms. The second kappa shape index (κ2) is 3.28. The molecule has 0 spiro atoms.